The van der Waals surface area contributed by atoms with Crippen molar-refractivity contribution < 1.29 is 4.79 Å². The van der Waals surface area contributed by atoms with E-state index in [1.54, 1.807) is 18.7 Å². The lowest BCUT2D eigenvalue weighted by molar-refractivity contribution is -0.132. The molecule has 154 valence electrons. The van der Waals surface area contributed by atoms with Gasteiger partial charge in [-0.25, -0.2) is 4.98 Å². The van der Waals surface area contributed by atoms with Crippen LogP contribution in [0, 0.1) is 13.8 Å². The molecule has 0 bridgehead atoms. The molecular weight excluding hydrogens is 370 g/mol. The van der Waals surface area contributed by atoms with Gasteiger partial charge in [-0.15, -0.1) is 10.2 Å². The number of carbonyl (C=O) groups is 1. The van der Waals surface area contributed by atoms with Crippen LogP contribution in [0.2, 0.25) is 0 Å². The summed E-state index contributed by atoms with van der Waals surface area (Å²) in [5, 5.41) is 8.77. The van der Waals surface area contributed by atoms with Crippen molar-refractivity contribution in [3.63, 3.8) is 0 Å². The van der Waals surface area contributed by atoms with E-state index in [9.17, 15) is 9.59 Å². The smallest absolute Gasteiger partial charge is 0.256 e. The third kappa shape index (κ3) is 4.08. The fraction of sp³-hybridized carbons (Fsp3) is 0.550. The third-order valence-corrected chi connectivity index (χ3v) is 5.84. The molecule has 0 aromatic carbocycles. The van der Waals surface area contributed by atoms with Gasteiger partial charge < -0.3 is 14.7 Å². The number of anilines is 2. The molecule has 2 aliphatic rings. The van der Waals surface area contributed by atoms with Gasteiger partial charge in [0.05, 0.1) is 6.33 Å². The van der Waals surface area contributed by atoms with Gasteiger partial charge in [-0.3, -0.25) is 14.2 Å². The van der Waals surface area contributed by atoms with Crippen molar-refractivity contribution in [2.75, 3.05) is 49.1 Å². The van der Waals surface area contributed by atoms with E-state index in [0.717, 1.165) is 24.7 Å². The number of aryl methyl sites for hydroxylation is 1. The highest BCUT2D eigenvalue weighted by Gasteiger charge is 2.23. The van der Waals surface area contributed by atoms with Gasteiger partial charge in [0.15, 0.2) is 11.6 Å². The van der Waals surface area contributed by atoms with Crippen LogP contribution in [0.4, 0.5) is 11.6 Å². The van der Waals surface area contributed by atoms with Gasteiger partial charge in [0.1, 0.15) is 6.54 Å². The van der Waals surface area contributed by atoms with E-state index in [-0.39, 0.29) is 18.0 Å². The molecule has 2 saturated heterocycles. The Morgan fingerprint density at radius 2 is 1.52 bits per heavy atom. The second-order valence-electron chi connectivity index (χ2n) is 7.70. The molecule has 29 heavy (non-hydrogen) atoms. The van der Waals surface area contributed by atoms with Gasteiger partial charge in [0.2, 0.25) is 5.91 Å². The maximum Gasteiger partial charge on any atom is 0.256 e. The van der Waals surface area contributed by atoms with Gasteiger partial charge in [-0.2, -0.15) is 0 Å². The molecule has 2 fully saturated rings. The van der Waals surface area contributed by atoms with Gasteiger partial charge in [0.25, 0.3) is 5.56 Å². The molecule has 0 aliphatic carbocycles. The number of hydrogen-bond acceptors (Lipinski definition) is 7. The Balaban J connectivity index is 1.33. The lowest BCUT2D eigenvalue weighted by Gasteiger charge is -2.35. The molecule has 0 saturated carbocycles. The van der Waals surface area contributed by atoms with Crippen molar-refractivity contribution in [2.24, 2.45) is 0 Å². The second-order valence-corrected chi connectivity index (χ2v) is 7.70. The van der Waals surface area contributed by atoms with E-state index < -0.39 is 0 Å². The first kappa shape index (κ1) is 19.4. The summed E-state index contributed by atoms with van der Waals surface area (Å²) in [6.45, 7) is 8.25. The van der Waals surface area contributed by atoms with Crippen LogP contribution in [-0.2, 0) is 11.3 Å². The van der Waals surface area contributed by atoms with Crippen LogP contribution in [0.1, 0.15) is 24.1 Å². The molecule has 0 radical (unpaired) electrons. The Bertz CT molecular complexity index is 927. The molecule has 0 unspecified atom stereocenters. The van der Waals surface area contributed by atoms with Gasteiger partial charge in [-0.05, 0) is 38.8 Å². The van der Waals surface area contributed by atoms with E-state index in [4.69, 9.17) is 0 Å². The van der Waals surface area contributed by atoms with E-state index >= 15 is 0 Å². The SMILES string of the molecule is Cc1ncn(CC(=O)N2CCN(c3ccc(N4CCCC4)nn3)CC2)c(=O)c1C. The van der Waals surface area contributed by atoms with E-state index in [0.29, 0.717) is 37.4 Å². The standard InChI is InChI=1S/C20H27N7O2/c1-15-16(2)21-14-27(20(15)29)13-19(28)26-11-9-25(10-12-26)18-6-5-17(22-23-18)24-7-3-4-8-24/h5-6,14H,3-4,7-13H2,1-2H3. The summed E-state index contributed by atoms with van der Waals surface area (Å²) in [6, 6.07) is 4.04. The highest BCUT2D eigenvalue weighted by molar-refractivity contribution is 5.76. The Morgan fingerprint density at radius 3 is 2.10 bits per heavy atom. The minimum absolute atomic E-state index is 0.0251. The predicted octanol–water partition coefficient (Wildman–Crippen LogP) is 0.599. The molecule has 2 aromatic heterocycles. The van der Waals surface area contributed by atoms with Gasteiger partial charge >= 0.3 is 0 Å². The fourth-order valence-electron chi connectivity index (χ4n) is 3.82. The van der Waals surface area contributed by atoms with Crippen LogP contribution in [0.3, 0.4) is 0 Å². The lowest BCUT2D eigenvalue weighted by atomic mass is 10.2. The normalized spacial score (nSPS) is 17.1. The van der Waals surface area contributed by atoms with Crippen molar-refractivity contribution in [3.05, 3.63) is 40.1 Å². The highest BCUT2D eigenvalue weighted by Crippen LogP contribution is 2.20. The summed E-state index contributed by atoms with van der Waals surface area (Å²) in [7, 11) is 0. The number of rotatable bonds is 4. The topological polar surface area (TPSA) is 87.5 Å². The first-order valence-corrected chi connectivity index (χ1v) is 10.2. The second kappa shape index (κ2) is 8.18. The quantitative estimate of drug-likeness (QED) is 0.747. The third-order valence-electron chi connectivity index (χ3n) is 5.84. The Morgan fingerprint density at radius 1 is 0.931 bits per heavy atom. The molecule has 0 spiro atoms. The number of nitrogens with zero attached hydrogens (tertiary/aromatic N) is 7. The van der Waals surface area contributed by atoms with Crippen LogP contribution >= 0.6 is 0 Å². The Kier molecular flexibility index (Phi) is 5.46. The van der Waals surface area contributed by atoms with E-state index in [1.807, 2.05) is 12.1 Å². The fourth-order valence-corrected chi connectivity index (χ4v) is 3.82. The van der Waals surface area contributed by atoms with Crippen LogP contribution in [0.5, 0.6) is 0 Å². The highest BCUT2D eigenvalue weighted by atomic mass is 16.2. The number of piperazine rings is 1. The number of amides is 1. The van der Waals surface area contributed by atoms with Gasteiger partial charge in [-0.1, -0.05) is 0 Å². The maximum absolute atomic E-state index is 12.6. The zero-order chi connectivity index (χ0) is 20.4. The van der Waals surface area contributed by atoms with Crippen LogP contribution < -0.4 is 15.4 Å². The van der Waals surface area contributed by atoms with E-state index in [2.05, 4.69) is 25.0 Å². The minimum atomic E-state index is -0.155. The van der Waals surface area contributed by atoms with Crippen molar-refractivity contribution in [1.82, 2.24) is 24.6 Å². The van der Waals surface area contributed by atoms with Crippen molar-refractivity contribution in [3.8, 4) is 0 Å². The molecule has 9 nitrogen and oxygen atoms in total. The monoisotopic (exact) mass is 397 g/mol. The van der Waals surface area contributed by atoms with E-state index in [1.165, 1.54) is 23.7 Å². The maximum atomic E-state index is 12.6. The molecule has 0 N–H and O–H groups in total. The Hall–Kier alpha value is -2.97. The molecule has 0 atom stereocenters. The van der Waals surface area contributed by atoms with Crippen molar-refractivity contribution in [2.45, 2.75) is 33.2 Å². The first-order chi connectivity index (χ1) is 14.0. The summed E-state index contributed by atoms with van der Waals surface area (Å²) in [5.41, 5.74) is 1.13. The molecule has 4 rings (SSSR count). The zero-order valence-corrected chi connectivity index (χ0v) is 17.0. The van der Waals surface area contributed by atoms with Crippen molar-refractivity contribution in [1.29, 1.82) is 0 Å². The van der Waals surface area contributed by atoms with Gasteiger partial charge in [0, 0.05) is 50.5 Å². The molecule has 1 amide bonds. The number of aromatic nitrogens is 4. The lowest BCUT2D eigenvalue weighted by Crippen LogP contribution is -2.50. The largest absolute Gasteiger partial charge is 0.355 e. The summed E-state index contributed by atoms with van der Waals surface area (Å²) in [5.74, 6) is 1.72. The summed E-state index contributed by atoms with van der Waals surface area (Å²) in [4.78, 5) is 35.3. The minimum Gasteiger partial charge on any atom is -0.355 e. The summed E-state index contributed by atoms with van der Waals surface area (Å²) < 4.78 is 1.39. The van der Waals surface area contributed by atoms with Crippen LogP contribution in [0.15, 0.2) is 23.3 Å². The average Bonchev–Trinajstić information content (AvgIpc) is 3.29. The number of carbonyl (C=O) groups excluding carboxylic acids is 1. The number of hydrogen-bond donors (Lipinski definition) is 0. The molecule has 2 aromatic rings. The average molecular weight is 397 g/mol. The van der Waals surface area contributed by atoms with Crippen LogP contribution in [-0.4, -0.2) is 69.8 Å². The zero-order valence-electron chi connectivity index (χ0n) is 17.0. The molecular formula is C20H27N7O2. The van der Waals surface area contributed by atoms with Crippen LogP contribution in [0.25, 0.3) is 0 Å². The predicted molar refractivity (Wildman–Crippen MR) is 110 cm³/mol. The van der Waals surface area contributed by atoms with Crippen molar-refractivity contribution >= 4 is 17.5 Å². The molecule has 9 heteroatoms. The summed E-state index contributed by atoms with van der Waals surface area (Å²) in [6.07, 6.45) is 3.88. The molecule has 4 heterocycles. The molecule has 2 aliphatic heterocycles. The summed E-state index contributed by atoms with van der Waals surface area (Å²) >= 11 is 0. The Labute approximate surface area is 170 Å². The first-order valence-electron chi connectivity index (χ1n) is 10.2.